The average molecular weight is 258 g/mol. The highest BCUT2D eigenvalue weighted by Gasteiger charge is 2.45. The summed E-state index contributed by atoms with van der Waals surface area (Å²) in [5.41, 5.74) is 0. The van der Waals surface area contributed by atoms with Gasteiger partial charge >= 0.3 is 7.60 Å². The first-order chi connectivity index (χ1) is 7.26. The highest BCUT2D eigenvalue weighted by Crippen LogP contribution is 2.38. The molecule has 0 radical (unpaired) electrons. The van der Waals surface area contributed by atoms with Crippen molar-refractivity contribution in [2.45, 2.75) is 30.5 Å². The van der Waals surface area contributed by atoms with Crippen LogP contribution in [0.5, 0.6) is 0 Å². The standard InChI is InChI=1S/C7H15O8P/c8-1-3-5(9)7(11)6(10)4(15-3)2-16(12,13)14/h3-11H,1-2H2,(H2,12,13,14)/t3?,4-,5-,6?,7?/m1/s1. The van der Waals surface area contributed by atoms with E-state index in [0.717, 1.165) is 0 Å². The summed E-state index contributed by atoms with van der Waals surface area (Å²) < 4.78 is 15.6. The van der Waals surface area contributed by atoms with Crippen LogP contribution in [0.15, 0.2) is 0 Å². The molecule has 96 valence electrons. The summed E-state index contributed by atoms with van der Waals surface area (Å²) in [5.74, 6) is 0. The van der Waals surface area contributed by atoms with Crippen molar-refractivity contribution in [3.63, 3.8) is 0 Å². The first-order valence-electron chi connectivity index (χ1n) is 4.61. The molecule has 1 saturated heterocycles. The van der Waals surface area contributed by atoms with E-state index in [0.29, 0.717) is 0 Å². The SMILES string of the molecule is O=P(O)(O)C[C@H]1OC(CO)[C@@H](O)C(O)C1O. The van der Waals surface area contributed by atoms with E-state index < -0.39 is 50.9 Å². The average Bonchev–Trinajstić information content (AvgIpc) is 2.17. The van der Waals surface area contributed by atoms with Gasteiger partial charge in [-0.2, -0.15) is 0 Å². The molecule has 0 aromatic rings. The molecule has 3 unspecified atom stereocenters. The summed E-state index contributed by atoms with van der Waals surface area (Å²) in [4.78, 5) is 17.4. The second-order valence-corrected chi connectivity index (χ2v) is 5.41. The maximum atomic E-state index is 10.7. The third-order valence-corrected chi connectivity index (χ3v) is 3.24. The largest absolute Gasteiger partial charge is 0.394 e. The Balaban J connectivity index is 2.75. The van der Waals surface area contributed by atoms with Crippen LogP contribution in [0.4, 0.5) is 0 Å². The predicted molar refractivity (Wildman–Crippen MR) is 50.7 cm³/mol. The van der Waals surface area contributed by atoms with E-state index in [1.807, 2.05) is 0 Å². The van der Waals surface area contributed by atoms with Gasteiger partial charge in [-0.3, -0.25) is 4.57 Å². The third-order valence-electron chi connectivity index (χ3n) is 2.41. The van der Waals surface area contributed by atoms with Crippen LogP contribution in [0.1, 0.15) is 0 Å². The maximum absolute atomic E-state index is 10.7. The maximum Gasteiger partial charge on any atom is 0.328 e. The number of hydrogen-bond donors (Lipinski definition) is 6. The van der Waals surface area contributed by atoms with Crippen molar-refractivity contribution in [3.8, 4) is 0 Å². The number of hydrogen-bond acceptors (Lipinski definition) is 6. The topological polar surface area (TPSA) is 148 Å². The predicted octanol–water partition coefficient (Wildman–Crippen LogP) is -2.99. The summed E-state index contributed by atoms with van der Waals surface area (Å²) in [5, 5.41) is 36.9. The first kappa shape index (κ1) is 14.0. The van der Waals surface area contributed by atoms with Crippen molar-refractivity contribution in [3.05, 3.63) is 0 Å². The van der Waals surface area contributed by atoms with E-state index in [9.17, 15) is 19.9 Å². The van der Waals surface area contributed by atoms with Crippen molar-refractivity contribution in [1.29, 1.82) is 0 Å². The minimum Gasteiger partial charge on any atom is -0.394 e. The molecule has 1 fully saturated rings. The van der Waals surface area contributed by atoms with Gasteiger partial charge in [0.05, 0.1) is 18.9 Å². The molecule has 0 aliphatic carbocycles. The minimum absolute atomic E-state index is 0.622. The third kappa shape index (κ3) is 3.22. The Bertz CT molecular complexity index is 276. The van der Waals surface area contributed by atoms with Crippen LogP contribution in [-0.4, -0.2) is 73.5 Å². The van der Waals surface area contributed by atoms with Gasteiger partial charge in [0.2, 0.25) is 0 Å². The van der Waals surface area contributed by atoms with Gasteiger partial charge < -0.3 is 34.9 Å². The zero-order chi connectivity index (χ0) is 12.5. The van der Waals surface area contributed by atoms with Crippen LogP contribution in [0.2, 0.25) is 0 Å². The summed E-state index contributed by atoms with van der Waals surface area (Å²) in [7, 11) is -4.41. The Hall–Kier alpha value is -0.0500. The molecule has 8 nitrogen and oxygen atoms in total. The van der Waals surface area contributed by atoms with Gasteiger partial charge in [0.25, 0.3) is 0 Å². The van der Waals surface area contributed by atoms with E-state index in [-0.39, 0.29) is 0 Å². The van der Waals surface area contributed by atoms with E-state index in [2.05, 4.69) is 0 Å². The quantitative estimate of drug-likeness (QED) is 0.293. The molecule has 0 bridgehead atoms. The van der Waals surface area contributed by atoms with Crippen molar-refractivity contribution in [1.82, 2.24) is 0 Å². The number of aliphatic hydroxyl groups is 4. The van der Waals surface area contributed by atoms with Gasteiger partial charge in [-0.05, 0) is 0 Å². The molecule has 1 aliphatic rings. The number of aliphatic hydroxyl groups excluding tert-OH is 4. The zero-order valence-electron chi connectivity index (χ0n) is 8.25. The fourth-order valence-corrected chi connectivity index (χ4v) is 2.33. The fourth-order valence-electron chi connectivity index (χ4n) is 1.56. The summed E-state index contributed by atoms with van der Waals surface area (Å²) in [6.07, 6.45) is -7.98. The van der Waals surface area contributed by atoms with Gasteiger partial charge in [-0.1, -0.05) is 0 Å². The van der Waals surface area contributed by atoms with E-state index in [4.69, 9.17) is 19.6 Å². The van der Waals surface area contributed by atoms with Crippen molar-refractivity contribution < 1.29 is 39.5 Å². The molecule has 5 atom stereocenters. The summed E-state index contributed by atoms with van der Waals surface area (Å²) in [6, 6.07) is 0. The van der Waals surface area contributed by atoms with Gasteiger partial charge in [-0.25, -0.2) is 0 Å². The lowest BCUT2D eigenvalue weighted by molar-refractivity contribution is -0.223. The van der Waals surface area contributed by atoms with Crippen LogP contribution in [0, 0.1) is 0 Å². The molecular weight excluding hydrogens is 243 g/mol. The van der Waals surface area contributed by atoms with Crippen LogP contribution in [0.25, 0.3) is 0 Å². The Morgan fingerprint density at radius 2 is 1.50 bits per heavy atom. The van der Waals surface area contributed by atoms with Gasteiger partial charge in [0, 0.05) is 0 Å². The first-order valence-corrected chi connectivity index (χ1v) is 6.41. The molecule has 9 heteroatoms. The van der Waals surface area contributed by atoms with Gasteiger partial charge in [-0.15, -0.1) is 0 Å². The lowest BCUT2D eigenvalue weighted by atomic mass is 9.96. The highest BCUT2D eigenvalue weighted by atomic mass is 31.2. The second-order valence-electron chi connectivity index (χ2n) is 3.71. The molecule has 0 amide bonds. The Morgan fingerprint density at radius 3 is 1.94 bits per heavy atom. The highest BCUT2D eigenvalue weighted by molar-refractivity contribution is 7.51. The number of rotatable bonds is 3. The lowest BCUT2D eigenvalue weighted by Gasteiger charge is -2.40. The van der Waals surface area contributed by atoms with E-state index in [1.54, 1.807) is 0 Å². The van der Waals surface area contributed by atoms with Crippen LogP contribution < -0.4 is 0 Å². The molecule has 0 aromatic heterocycles. The molecule has 6 N–H and O–H groups in total. The molecule has 1 rings (SSSR count). The molecule has 1 heterocycles. The van der Waals surface area contributed by atoms with Crippen molar-refractivity contribution in [2.75, 3.05) is 12.8 Å². The lowest BCUT2D eigenvalue weighted by Crippen LogP contribution is -2.59. The fraction of sp³-hybridized carbons (Fsp3) is 1.00. The van der Waals surface area contributed by atoms with Crippen molar-refractivity contribution in [2.24, 2.45) is 0 Å². The Kier molecular flexibility index (Phi) is 4.44. The smallest absolute Gasteiger partial charge is 0.328 e. The molecule has 1 aliphatic heterocycles. The minimum atomic E-state index is -4.41. The monoisotopic (exact) mass is 258 g/mol. The Labute approximate surface area is 91.3 Å². The summed E-state index contributed by atoms with van der Waals surface area (Å²) >= 11 is 0. The van der Waals surface area contributed by atoms with Gasteiger partial charge in [0.1, 0.15) is 24.4 Å². The molecule has 16 heavy (non-hydrogen) atoms. The number of ether oxygens (including phenoxy) is 1. The Morgan fingerprint density at radius 1 is 1.00 bits per heavy atom. The van der Waals surface area contributed by atoms with Crippen LogP contribution >= 0.6 is 7.60 Å². The molecule has 0 spiro atoms. The van der Waals surface area contributed by atoms with E-state index >= 15 is 0 Å². The molecule has 0 aromatic carbocycles. The molecular formula is C7H15O8P. The van der Waals surface area contributed by atoms with Crippen molar-refractivity contribution >= 4 is 7.60 Å². The van der Waals surface area contributed by atoms with Gasteiger partial charge in [0.15, 0.2) is 0 Å². The normalized spacial score (nSPS) is 41.0. The second kappa shape index (κ2) is 5.07. The van der Waals surface area contributed by atoms with Crippen LogP contribution in [0.3, 0.4) is 0 Å². The molecule has 0 saturated carbocycles. The summed E-state index contributed by atoms with van der Waals surface area (Å²) in [6.45, 7) is -0.622. The van der Waals surface area contributed by atoms with Crippen LogP contribution in [-0.2, 0) is 9.30 Å². The van der Waals surface area contributed by atoms with E-state index in [1.165, 1.54) is 0 Å². The zero-order valence-corrected chi connectivity index (χ0v) is 9.14.